The first-order chi connectivity index (χ1) is 10.6. The summed E-state index contributed by atoms with van der Waals surface area (Å²) < 4.78 is 29.4. The average molecular weight is 317 g/mol. The van der Waals surface area contributed by atoms with Gasteiger partial charge in [0.25, 0.3) is 0 Å². The van der Waals surface area contributed by atoms with Gasteiger partial charge in [0.15, 0.2) is 0 Å². The highest BCUT2D eigenvalue weighted by Gasteiger charge is 2.18. The van der Waals surface area contributed by atoms with Gasteiger partial charge in [0.1, 0.15) is 10.6 Å². The summed E-state index contributed by atoms with van der Waals surface area (Å²) in [7, 11) is -3.81. The first-order valence-corrected chi connectivity index (χ1v) is 9.00. The van der Waals surface area contributed by atoms with Crippen LogP contribution in [0.2, 0.25) is 0 Å². The smallest absolute Gasteiger partial charge is 0.340 e. The maximum absolute atomic E-state index is 12.1. The lowest BCUT2D eigenvalue weighted by Gasteiger charge is -2.22. The first-order valence-electron chi connectivity index (χ1n) is 7.60. The third kappa shape index (κ3) is 3.47. The molecule has 1 aromatic carbocycles. The van der Waals surface area contributed by atoms with Crippen molar-refractivity contribution in [2.45, 2.75) is 42.9 Å². The number of hydrogen-bond donors (Lipinski definition) is 0. The third-order valence-electron chi connectivity index (χ3n) is 4.09. The van der Waals surface area contributed by atoms with E-state index in [1.165, 1.54) is 56.1 Å². The van der Waals surface area contributed by atoms with Crippen molar-refractivity contribution in [3.63, 3.8) is 0 Å². The first kappa shape index (κ1) is 15.0. The van der Waals surface area contributed by atoms with Crippen LogP contribution >= 0.6 is 0 Å². The Morgan fingerprint density at radius 2 is 1.73 bits per heavy atom. The summed E-state index contributed by atoms with van der Waals surface area (Å²) in [5.74, 6) is 0.932. The van der Waals surface area contributed by atoms with Gasteiger partial charge in [0.05, 0.1) is 0 Å². The Bertz CT molecular complexity index is 705. The predicted octanol–water partition coefficient (Wildman–Crippen LogP) is 3.90. The number of nitrogens with zero attached hydrogens (tertiary/aromatic N) is 1. The largest absolute Gasteiger partial charge is 0.379 e. The molecule has 1 saturated carbocycles. The Labute approximate surface area is 131 Å². The van der Waals surface area contributed by atoms with Crippen molar-refractivity contribution in [2.24, 2.45) is 0 Å². The molecule has 0 spiro atoms. The molecule has 0 unspecified atom stereocenters. The number of benzene rings is 1. The highest BCUT2D eigenvalue weighted by molar-refractivity contribution is 7.87. The van der Waals surface area contributed by atoms with Crippen molar-refractivity contribution in [3.8, 4) is 5.75 Å². The number of rotatable bonds is 4. The number of aromatic nitrogens is 1. The summed E-state index contributed by atoms with van der Waals surface area (Å²) in [5.41, 5.74) is 1.27. The Morgan fingerprint density at radius 1 is 1.00 bits per heavy atom. The molecule has 1 aliphatic rings. The zero-order valence-corrected chi connectivity index (χ0v) is 13.1. The van der Waals surface area contributed by atoms with Crippen LogP contribution in [0.1, 0.15) is 43.6 Å². The molecule has 1 aliphatic carbocycles. The lowest BCUT2D eigenvalue weighted by atomic mass is 9.84. The molecular formula is C17H19NO3S. The summed E-state index contributed by atoms with van der Waals surface area (Å²) >= 11 is 0. The monoisotopic (exact) mass is 317 g/mol. The van der Waals surface area contributed by atoms with Gasteiger partial charge in [-0.25, -0.2) is 0 Å². The van der Waals surface area contributed by atoms with Crippen LogP contribution in [0.4, 0.5) is 0 Å². The summed E-state index contributed by atoms with van der Waals surface area (Å²) in [4.78, 5) is 3.87. The van der Waals surface area contributed by atoms with Gasteiger partial charge in [0, 0.05) is 12.4 Å². The fourth-order valence-electron chi connectivity index (χ4n) is 2.90. The molecule has 1 aromatic heterocycles. The fraction of sp³-hybridized carbons (Fsp3) is 0.353. The lowest BCUT2D eigenvalue weighted by Crippen LogP contribution is -2.10. The molecule has 0 radical (unpaired) electrons. The molecule has 1 heterocycles. The second-order valence-corrected chi connectivity index (χ2v) is 7.18. The van der Waals surface area contributed by atoms with Crippen molar-refractivity contribution >= 4 is 10.1 Å². The maximum Gasteiger partial charge on any atom is 0.340 e. The summed E-state index contributed by atoms with van der Waals surface area (Å²) in [6.07, 6.45) is 9.11. The Hall–Kier alpha value is -1.88. The van der Waals surface area contributed by atoms with Gasteiger partial charge in [-0.2, -0.15) is 8.42 Å². The molecule has 116 valence electrons. The molecule has 0 bridgehead atoms. The normalized spacial score (nSPS) is 16.4. The van der Waals surface area contributed by atoms with Gasteiger partial charge in [-0.05, 0) is 48.6 Å². The van der Waals surface area contributed by atoms with Crippen LogP contribution in [0, 0.1) is 0 Å². The van der Waals surface area contributed by atoms with Crippen LogP contribution in [-0.2, 0) is 10.1 Å². The van der Waals surface area contributed by atoms with E-state index in [0.717, 1.165) is 0 Å². The molecular weight excluding hydrogens is 298 g/mol. The van der Waals surface area contributed by atoms with Crippen LogP contribution in [0.3, 0.4) is 0 Å². The van der Waals surface area contributed by atoms with Gasteiger partial charge < -0.3 is 4.18 Å². The molecule has 0 amide bonds. The Kier molecular flexibility index (Phi) is 4.43. The van der Waals surface area contributed by atoms with Crippen LogP contribution in [0.25, 0.3) is 0 Å². The minimum atomic E-state index is -3.81. The van der Waals surface area contributed by atoms with E-state index >= 15 is 0 Å². The lowest BCUT2D eigenvalue weighted by molar-refractivity contribution is 0.443. The van der Waals surface area contributed by atoms with E-state index in [4.69, 9.17) is 4.18 Å². The topological polar surface area (TPSA) is 56.3 Å². The quantitative estimate of drug-likeness (QED) is 0.803. The standard InChI is InChI=1S/C17H19NO3S/c19-22(20,17-7-4-12-18-13-17)21-16-10-8-15(9-11-16)14-5-2-1-3-6-14/h4,7-14H,1-3,5-6H2. The molecule has 0 saturated heterocycles. The van der Waals surface area contributed by atoms with Crippen molar-refractivity contribution in [1.82, 2.24) is 4.98 Å². The van der Waals surface area contributed by atoms with Gasteiger partial charge in [-0.15, -0.1) is 0 Å². The highest BCUT2D eigenvalue weighted by Crippen LogP contribution is 2.33. The van der Waals surface area contributed by atoms with E-state index in [-0.39, 0.29) is 4.90 Å². The van der Waals surface area contributed by atoms with Crippen LogP contribution in [0.5, 0.6) is 5.75 Å². The number of pyridine rings is 1. The molecule has 4 nitrogen and oxygen atoms in total. The minimum absolute atomic E-state index is 0.0614. The third-order valence-corrected chi connectivity index (χ3v) is 5.32. The van der Waals surface area contributed by atoms with E-state index in [2.05, 4.69) is 4.98 Å². The van der Waals surface area contributed by atoms with Gasteiger partial charge in [-0.3, -0.25) is 4.98 Å². The molecule has 5 heteroatoms. The molecule has 3 rings (SSSR count). The van der Waals surface area contributed by atoms with Gasteiger partial charge in [-0.1, -0.05) is 31.4 Å². The van der Waals surface area contributed by atoms with Gasteiger partial charge in [0.2, 0.25) is 0 Å². The second-order valence-electron chi connectivity index (χ2n) is 5.63. The van der Waals surface area contributed by atoms with Crippen molar-refractivity contribution in [3.05, 3.63) is 54.4 Å². The average Bonchev–Trinajstić information content (AvgIpc) is 2.57. The van der Waals surface area contributed by atoms with Crippen LogP contribution < -0.4 is 4.18 Å². The van der Waals surface area contributed by atoms with Crippen molar-refractivity contribution in [2.75, 3.05) is 0 Å². The van der Waals surface area contributed by atoms with E-state index in [0.29, 0.717) is 11.7 Å². The Balaban J connectivity index is 1.73. The van der Waals surface area contributed by atoms with E-state index in [1.54, 1.807) is 18.2 Å². The molecule has 0 aliphatic heterocycles. The molecule has 2 aromatic rings. The van der Waals surface area contributed by atoms with E-state index in [1.807, 2.05) is 12.1 Å². The summed E-state index contributed by atoms with van der Waals surface area (Å²) in [5, 5.41) is 0. The molecule has 22 heavy (non-hydrogen) atoms. The summed E-state index contributed by atoms with van der Waals surface area (Å²) in [6, 6.07) is 10.5. The SMILES string of the molecule is O=S(=O)(Oc1ccc(C2CCCCC2)cc1)c1cccnc1. The molecule has 0 N–H and O–H groups in total. The minimum Gasteiger partial charge on any atom is -0.379 e. The fourth-order valence-corrected chi connectivity index (χ4v) is 3.80. The second kappa shape index (κ2) is 6.48. The van der Waals surface area contributed by atoms with Crippen molar-refractivity contribution in [1.29, 1.82) is 0 Å². The van der Waals surface area contributed by atoms with Crippen LogP contribution in [0.15, 0.2) is 53.7 Å². The molecule has 0 atom stereocenters. The maximum atomic E-state index is 12.1. The molecule has 1 fully saturated rings. The van der Waals surface area contributed by atoms with Crippen molar-refractivity contribution < 1.29 is 12.6 Å². The van der Waals surface area contributed by atoms with E-state index < -0.39 is 10.1 Å². The van der Waals surface area contributed by atoms with Gasteiger partial charge >= 0.3 is 10.1 Å². The summed E-state index contributed by atoms with van der Waals surface area (Å²) in [6.45, 7) is 0. The van der Waals surface area contributed by atoms with Crippen LogP contribution in [-0.4, -0.2) is 13.4 Å². The number of hydrogen-bond acceptors (Lipinski definition) is 4. The predicted molar refractivity (Wildman–Crippen MR) is 84.3 cm³/mol. The Morgan fingerprint density at radius 3 is 2.36 bits per heavy atom. The zero-order valence-electron chi connectivity index (χ0n) is 12.3. The zero-order chi connectivity index (χ0) is 15.4. The highest BCUT2D eigenvalue weighted by atomic mass is 32.2. The van der Waals surface area contributed by atoms with E-state index in [9.17, 15) is 8.42 Å².